The average molecular weight is 491 g/mol. The molecule has 2 aromatic carbocycles. The summed E-state index contributed by atoms with van der Waals surface area (Å²) < 4.78 is 52.8. The van der Waals surface area contributed by atoms with Crippen LogP contribution < -0.4 is 15.2 Å². The van der Waals surface area contributed by atoms with Crippen molar-refractivity contribution in [2.75, 3.05) is 0 Å². The largest absolute Gasteiger partial charge is 0.489 e. The Hall–Kier alpha value is -3.45. The van der Waals surface area contributed by atoms with Crippen LogP contribution in [0.4, 0.5) is 13.2 Å². The van der Waals surface area contributed by atoms with Crippen molar-refractivity contribution in [1.29, 1.82) is 5.26 Å². The van der Waals surface area contributed by atoms with Crippen LogP contribution in [0.25, 0.3) is 0 Å². The van der Waals surface area contributed by atoms with Crippen molar-refractivity contribution >= 4 is 15.9 Å². The van der Waals surface area contributed by atoms with Gasteiger partial charge in [0.1, 0.15) is 29.7 Å². The van der Waals surface area contributed by atoms with Crippen molar-refractivity contribution in [3.8, 4) is 17.7 Å². The van der Waals surface area contributed by atoms with Gasteiger partial charge in [-0.1, -0.05) is 46.3 Å². The molecule has 0 bridgehead atoms. The standard InChI is InChI=1S/C21H14BrF3N4O2/c22-12-6-7-15(30-10-11-4-2-1-3-5-11)13(8-12)16-14(9-26)19(27)31-20-17(16)18(28-29-20)21(23,24)25/h1-8,16H,10,27H2,(H,28,29). The Bertz CT molecular complexity index is 1200. The second-order valence-electron chi connectivity index (χ2n) is 6.70. The number of alkyl halides is 3. The normalized spacial score (nSPS) is 15.8. The Morgan fingerprint density at radius 3 is 2.65 bits per heavy atom. The number of hydrogen-bond donors (Lipinski definition) is 2. The highest BCUT2D eigenvalue weighted by molar-refractivity contribution is 9.10. The fourth-order valence-electron chi connectivity index (χ4n) is 3.38. The molecule has 4 rings (SSSR count). The SMILES string of the molecule is N#CC1=C(N)Oc2n[nH]c(C(F)(F)F)c2C1c1cc(Br)ccc1OCc1ccccc1. The molecule has 1 unspecified atom stereocenters. The predicted molar refractivity (Wildman–Crippen MR) is 108 cm³/mol. The summed E-state index contributed by atoms with van der Waals surface area (Å²) in [6.07, 6.45) is -4.74. The molecule has 10 heteroatoms. The molecular formula is C21H14BrF3N4O2. The summed E-state index contributed by atoms with van der Waals surface area (Å²) in [6.45, 7) is 0.185. The van der Waals surface area contributed by atoms with E-state index in [9.17, 15) is 18.4 Å². The van der Waals surface area contributed by atoms with Crippen LogP contribution in [0.3, 0.4) is 0 Å². The molecule has 1 aliphatic rings. The topological polar surface area (TPSA) is 97.0 Å². The van der Waals surface area contributed by atoms with Gasteiger partial charge in [-0.15, -0.1) is 5.10 Å². The summed E-state index contributed by atoms with van der Waals surface area (Å²) in [7, 11) is 0. The minimum atomic E-state index is -4.74. The number of nitrogens with zero attached hydrogens (tertiary/aromatic N) is 2. The van der Waals surface area contributed by atoms with Crippen molar-refractivity contribution in [2.45, 2.75) is 18.7 Å². The number of aromatic nitrogens is 2. The first kappa shape index (κ1) is 20.8. The number of H-pyrrole nitrogens is 1. The van der Waals surface area contributed by atoms with Crippen LogP contribution in [0.2, 0.25) is 0 Å². The number of nitrogens with one attached hydrogen (secondary N) is 1. The molecule has 0 saturated carbocycles. The van der Waals surface area contributed by atoms with Gasteiger partial charge in [0.2, 0.25) is 11.8 Å². The van der Waals surface area contributed by atoms with E-state index < -0.39 is 17.8 Å². The molecule has 0 amide bonds. The molecular weight excluding hydrogens is 477 g/mol. The number of halogens is 4. The van der Waals surface area contributed by atoms with Crippen molar-refractivity contribution in [3.05, 3.63) is 86.8 Å². The molecule has 3 aromatic rings. The van der Waals surface area contributed by atoms with Crippen LogP contribution in [0.15, 0.2) is 64.5 Å². The third-order valence-corrected chi connectivity index (χ3v) is 5.24. The maximum absolute atomic E-state index is 13.7. The van der Waals surface area contributed by atoms with E-state index in [-0.39, 0.29) is 29.5 Å². The molecule has 0 radical (unpaired) electrons. The van der Waals surface area contributed by atoms with Gasteiger partial charge < -0.3 is 15.2 Å². The highest BCUT2D eigenvalue weighted by Gasteiger charge is 2.45. The Kier molecular flexibility index (Phi) is 5.37. The van der Waals surface area contributed by atoms with E-state index in [2.05, 4.69) is 21.0 Å². The fourth-order valence-corrected chi connectivity index (χ4v) is 3.76. The van der Waals surface area contributed by atoms with Crippen molar-refractivity contribution < 1.29 is 22.6 Å². The summed E-state index contributed by atoms with van der Waals surface area (Å²) in [5.74, 6) is -1.52. The maximum atomic E-state index is 13.7. The maximum Gasteiger partial charge on any atom is 0.433 e. The van der Waals surface area contributed by atoms with Crippen LogP contribution >= 0.6 is 15.9 Å². The summed E-state index contributed by atoms with van der Waals surface area (Å²) in [6, 6.07) is 16.1. The van der Waals surface area contributed by atoms with Crippen molar-refractivity contribution in [3.63, 3.8) is 0 Å². The number of fused-ring (bicyclic) bond motifs is 1. The Morgan fingerprint density at radius 2 is 1.97 bits per heavy atom. The number of benzene rings is 2. The lowest BCUT2D eigenvalue weighted by molar-refractivity contribution is -0.141. The van der Waals surface area contributed by atoms with Gasteiger partial charge >= 0.3 is 6.18 Å². The molecule has 158 valence electrons. The van der Waals surface area contributed by atoms with Crippen molar-refractivity contribution in [2.24, 2.45) is 5.73 Å². The van der Waals surface area contributed by atoms with Crippen LogP contribution in [-0.2, 0) is 12.8 Å². The van der Waals surface area contributed by atoms with Crippen LogP contribution in [0, 0.1) is 11.3 Å². The highest BCUT2D eigenvalue weighted by Crippen LogP contribution is 2.49. The zero-order valence-corrected chi connectivity index (χ0v) is 17.3. The molecule has 2 heterocycles. The van der Waals surface area contributed by atoms with Gasteiger partial charge in [0.25, 0.3) is 0 Å². The lowest BCUT2D eigenvalue weighted by Gasteiger charge is -2.26. The number of rotatable bonds is 4. The van der Waals surface area contributed by atoms with E-state index in [4.69, 9.17) is 15.2 Å². The predicted octanol–water partition coefficient (Wildman–Crippen LogP) is 4.99. The van der Waals surface area contributed by atoms with E-state index in [0.717, 1.165) is 5.56 Å². The van der Waals surface area contributed by atoms with Gasteiger partial charge in [0.05, 0.1) is 11.5 Å². The van der Waals surface area contributed by atoms with Crippen LogP contribution in [0.5, 0.6) is 11.6 Å². The summed E-state index contributed by atoms with van der Waals surface area (Å²) in [5, 5.41) is 15.3. The van der Waals surface area contributed by atoms with Gasteiger partial charge in [-0.3, -0.25) is 5.10 Å². The third kappa shape index (κ3) is 3.96. The van der Waals surface area contributed by atoms with E-state index in [0.29, 0.717) is 15.8 Å². The van der Waals surface area contributed by atoms with Gasteiger partial charge in [-0.2, -0.15) is 18.4 Å². The number of ether oxygens (including phenoxy) is 2. The molecule has 0 spiro atoms. The molecule has 3 N–H and O–H groups in total. The zero-order chi connectivity index (χ0) is 22.2. The van der Waals surface area contributed by atoms with Crippen LogP contribution in [0.1, 0.15) is 28.3 Å². The highest BCUT2D eigenvalue weighted by atomic mass is 79.9. The Labute approximate surface area is 183 Å². The van der Waals surface area contributed by atoms with Gasteiger partial charge in [0.15, 0.2) is 0 Å². The number of nitrogens with two attached hydrogens (primary N) is 1. The Balaban J connectivity index is 1.86. The van der Waals surface area contributed by atoms with E-state index >= 15 is 0 Å². The first-order valence-corrected chi connectivity index (χ1v) is 9.78. The number of hydrogen-bond acceptors (Lipinski definition) is 5. The molecule has 6 nitrogen and oxygen atoms in total. The second kappa shape index (κ2) is 8.00. The van der Waals surface area contributed by atoms with E-state index in [1.54, 1.807) is 18.2 Å². The molecule has 31 heavy (non-hydrogen) atoms. The van der Waals surface area contributed by atoms with Crippen LogP contribution in [-0.4, -0.2) is 10.2 Å². The first-order valence-electron chi connectivity index (χ1n) is 8.98. The average Bonchev–Trinajstić information content (AvgIpc) is 3.16. The molecule has 0 saturated heterocycles. The quantitative estimate of drug-likeness (QED) is 0.536. The molecule has 0 aliphatic carbocycles. The minimum absolute atomic E-state index is 0.165. The monoisotopic (exact) mass is 490 g/mol. The molecule has 1 atom stereocenters. The first-order chi connectivity index (χ1) is 14.8. The smallest absolute Gasteiger partial charge is 0.433 e. The third-order valence-electron chi connectivity index (χ3n) is 4.74. The fraction of sp³-hybridized carbons (Fsp3) is 0.143. The van der Waals surface area contributed by atoms with Gasteiger partial charge in [-0.25, -0.2) is 0 Å². The van der Waals surface area contributed by atoms with Crippen molar-refractivity contribution in [1.82, 2.24) is 10.2 Å². The van der Waals surface area contributed by atoms with Gasteiger partial charge in [-0.05, 0) is 23.8 Å². The second-order valence-corrected chi connectivity index (χ2v) is 7.61. The molecule has 1 aromatic heterocycles. The molecule has 0 fully saturated rings. The summed E-state index contributed by atoms with van der Waals surface area (Å²) >= 11 is 3.34. The minimum Gasteiger partial charge on any atom is -0.489 e. The lowest BCUT2D eigenvalue weighted by atomic mass is 9.83. The molecule has 1 aliphatic heterocycles. The summed E-state index contributed by atoms with van der Waals surface area (Å²) in [5.41, 5.74) is 5.45. The summed E-state index contributed by atoms with van der Waals surface area (Å²) in [4.78, 5) is 0. The zero-order valence-electron chi connectivity index (χ0n) is 15.7. The number of aromatic amines is 1. The van der Waals surface area contributed by atoms with E-state index in [1.807, 2.05) is 41.5 Å². The van der Waals surface area contributed by atoms with Gasteiger partial charge in [0, 0.05) is 10.0 Å². The van der Waals surface area contributed by atoms with E-state index in [1.165, 1.54) is 0 Å². The lowest BCUT2D eigenvalue weighted by Crippen LogP contribution is -2.23. The number of nitriles is 1. The number of allylic oxidation sites excluding steroid dienone is 1. The Morgan fingerprint density at radius 1 is 1.23 bits per heavy atom.